The molecule has 0 aliphatic carbocycles. The average molecular weight is 454 g/mol. The van der Waals surface area contributed by atoms with Gasteiger partial charge in [-0.25, -0.2) is 14.4 Å². The lowest BCUT2D eigenvalue weighted by Crippen LogP contribution is -2.47. The molecule has 2 amide bonds. The lowest BCUT2D eigenvalue weighted by atomic mass is 9.99. The van der Waals surface area contributed by atoms with Crippen LogP contribution in [0.1, 0.15) is 27.2 Å². The van der Waals surface area contributed by atoms with Gasteiger partial charge in [0.1, 0.15) is 5.82 Å². The van der Waals surface area contributed by atoms with Crippen molar-refractivity contribution in [2.45, 2.75) is 12.7 Å². The number of benzene rings is 2. The van der Waals surface area contributed by atoms with E-state index >= 15 is 0 Å². The molecule has 0 radical (unpaired) electrons. The third-order valence-corrected chi connectivity index (χ3v) is 5.41. The van der Waals surface area contributed by atoms with E-state index in [1.807, 2.05) is 0 Å². The van der Waals surface area contributed by atoms with Crippen molar-refractivity contribution in [3.05, 3.63) is 114 Å². The number of benzodiazepines with no additional fused rings is 1. The molecule has 2 N–H and O–H groups in total. The van der Waals surface area contributed by atoms with Crippen LogP contribution in [0.2, 0.25) is 0 Å². The first kappa shape index (κ1) is 21.2. The fourth-order valence-electron chi connectivity index (χ4n) is 3.80. The number of anilines is 1. The molecule has 168 valence electrons. The van der Waals surface area contributed by atoms with Crippen LogP contribution in [-0.4, -0.2) is 38.6 Å². The molecule has 1 atom stereocenters. The molecule has 2 aromatic heterocycles. The van der Waals surface area contributed by atoms with Gasteiger partial charge in [0.15, 0.2) is 0 Å². The van der Waals surface area contributed by atoms with Crippen molar-refractivity contribution < 1.29 is 14.0 Å². The van der Waals surface area contributed by atoms with Gasteiger partial charge < -0.3 is 15.2 Å². The first-order valence-corrected chi connectivity index (χ1v) is 10.5. The summed E-state index contributed by atoms with van der Waals surface area (Å²) in [5.74, 6) is -1.47. The van der Waals surface area contributed by atoms with Crippen molar-refractivity contribution in [3.63, 3.8) is 0 Å². The number of imidazole rings is 1. The minimum Gasteiger partial charge on any atom is -0.347 e. The van der Waals surface area contributed by atoms with E-state index in [0.29, 0.717) is 16.9 Å². The summed E-state index contributed by atoms with van der Waals surface area (Å²) in [6.07, 6.45) is 4.78. The number of nitrogens with one attached hydrogen (secondary N) is 2. The largest absolute Gasteiger partial charge is 0.347 e. The van der Waals surface area contributed by atoms with Gasteiger partial charge in [0.25, 0.3) is 11.8 Å². The number of amides is 2. The molecule has 0 bridgehead atoms. The van der Waals surface area contributed by atoms with Crippen LogP contribution >= 0.6 is 0 Å². The van der Waals surface area contributed by atoms with Gasteiger partial charge in [0.2, 0.25) is 6.17 Å². The Morgan fingerprint density at radius 2 is 1.79 bits per heavy atom. The van der Waals surface area contributed by atoms with Crippen molar-refractivity contribution in [3.8, 4) is 0 Å². The summed E-state index contributed by atoms with van der Waals surface area (Å²) in [5, 5.41) is 2.68. The third-order valence-electron chi connectivity index (χ3n) is 5.41. The number of para-hydroxylation sites is 1. The van der Waals surface area contributed by atoms with Gasteiger partial charge in [0, 0.05) is 29.7 Å². The molecule has 34 heavy (non-hydrogen) atoms. The number of fused-ring (bicyclic) bond motifs is 1. The summed E-state index contributed by atoms with van der Waals surface area (Å²) in [7, 11) is 0. The fourth-order valence-corrected chi connectivity index (χ4v) is 3.80. The molecule has 0 saturated heterocycles. The van der Waals surface area contributed by atoms with Crippen molar-refractivity contribution in [1.29, 1.82) is 0 Å². The van der Waals surface area contributed by atoms with E-state index < -0.39 is 23.8 Å². The summed E-state index contributed by atoms with van der Waals surface area (Å²) in [4.78, 5) is 43.7. The van der Waals surface area contributed by atoms with Gasteiger partial charge in [-0.2, -0.15) is 0 Å². The van der Waals surface area contributed by atoms with E-state index in [2.05, 4.69) is 25.3 Å². The smallest absolute Gasteiger partial charge is 0.272 e. The number of hydrogen-bond acceptors (Lipinski definition) is 5. The van der Waals surface area contributed by atoms with Gasteiger partial charge in [-0.05, 0) is 30.3 Å². The maximum atomic E-state index is 14.9. The van der Waals surface area contributed by atoms with Crippen LogP contribution in [0.25, 0.3) is 0 Å². The van der Waals surface area contributed by atoms with Gasteiger partial charge in [0.05, 0.1) is 35.5 Å². The van der Waals surface area contributed by atoms with Crippen molar-refractivity contribution in [1.82, 2.24) is 20.3 Å². The molecular formula is C25H19FN6O2. The Morgan fingerprint density at radius 1 is 1.00 bits per heavy atom. The van der Waals surface area contributed by atoms with Gasteiger partial charge in [-0.3, -0.25) is 14.6 Å². The Balaban J connectivity index is 1.64. The van der Waals surface area contributed by atoms with Crippen LogP contribution in [0.5, 0.6) is 0 Å². The Bertz CT molecular complexity index is 1370. The number of nitrogens with zero attached hydrogens (tertiary/aromatic N) is 4. The van der Waals surface area contributed by atoms with Gasteiger partial charge >= 0.3 is 0 Å². The highest BCUT2D eigenvalue weighted by Gasteiger charge is 2.34. The Labute approximate surface area is 194 Å². The van der Waals surface area contributed by atoms with E-state index in [1.54, 1.807) is 67.0 Å². The predicted molar refractivity (Wildman–Crippen MR) is 124 cm³/mol. The molecule has 3 heterocycles. The highest BCUT2D eigenvalue weighted by molar-refractivity contribution is 6.20. The predicted octanol–water partition coefficient (Wildman–Crippen LogP) is 3.08. The number of pyridine rings is 1. The highest BCUT2D eigenvalue weighted by Crippen LogP contribution is 2.30. The maximum Gasteiger partial charge on any atom is 0.272 e. The first-order chi connectivity index (χ1) is 16.6. The third kappa shape index (κ3) is 4.06. The maximum absolute atomic E-state index is 14.9. The number of halogens is 1. The van der Waals surface area contributed by atoms with Crippen molar-refractivity contribution in [2.75, 3.05) is 4.90 Å². The SMILES string of the molecule is O=C(NC1N=C(c2ccccc2F)c2ccccc2N(Cc2cnc[nH]2)C1=O)c1cccnc1. The average Bonchev–Trinajstić information content (AvgIpc) is 3.36. The number of carbonyl (C=O) groups excluding carboxylic acids is 2. The number of aliphatic imine (C=N–C) groups is 1. The Kier molecular flexibility index (Phi) is 5.65. The first-order valence-electron chi connectivity index (χ1n) is 10.5. The van der Waals surface area contributed by atoms with Crippen LogP contribution in [0.3, 0.4) is 0 Å². The molecule has 1 unspecified atom stereocenters. The highest BCUT2D eigenvalue weighted by atomic mass is 19.1. The van der Waals surface area contributed by atoms with Crippen molar-refractivity contribution in [2.24, 2.45) is 4.99 Å². The molecule has 5 rings (SSSR count). The zero-order valence-corrected chi connectivity index (χ0v) is 17.9. The van der Waals surface area contributed by atoms with Gasteiger partial charge in [-0.15, -0.1) is 0 Å². The molecule has 9 heteroatoms. The molecule has 0 saturated carbocycles. The van der Waals surface area contributed by atoms with Crippen LogP contribution in [0.4, 0.5) is 10.1 Å². The Hall–Kier alpha value is -4.66. The monoisotopic (exact) mass is 454 g/mol. The van der Waals surface area contributed by atoms with Crippen LogP contribution in [-0.2, 0) is 11.3 Å². The summed E-state index contributed by atoms with van der Waals surface area (Å²) in [6, 6.07) is 16.5. The molecule has 1 aliphatic heterocycles. The number of carbonyl (C=O) groups is 2. The van der Waals surface area contributed by atoms with Crippen LogP contribution < -0.4 is 10.2 Å². The molecule has 8 nitrogen and oxygen atoms in total. The number of aromatic nitrogens is 3. The zero-order chi connectivity index (χ0) is 23.5. The number of hydrogen-bond donors (Lipinski definition) is 2. The van der Waals surface area contributed by atoms with E-state index in [4.69, 9.17) is 0 Å². The number of H-pyrrole nitrogens is 1. The lowest BCUT2D eigenvalue weighted by molar-refractivity contribution is -0.120. The lowest BCUT2D eigenvalue weighted by Gasteiger charge is -2.25. The van der Waals surface area contributed by atoms with Crippen LogP contribution in [0, 0.1) is 5.82 Å². The van der Waals surface area contributed by atoms with E-state index in [0.717, 1.165) is 0 Å². The van der Waals surface area contributed by atoms with E-state index in [-0.39, 0.29) is 23.4 Å². The topological polar surface area (TPSA) is 103 Å². The fraction of sp³-hybridized carbons (Fsp3) is 0.0800. The summed E-state index contributed by atoms with van der Waals surface area (Å²) in [5.41, 5.74) is 2.58. The minimum absolute atomic E-state index is 0.162. The quantitative estimate of drug-likeness (QED) is 0.484. The minimum atomic E-state index is -1.29. The molecule has 0 spiro atoms. The number of rotatable bonds is 5. The van der Waals surface area contributed by atoms with Crippen LogP contribution in [0.15, 0.2) is 90.6 Å². The Morgan fingerprint density at radius 3 is 2.53 bits per heavy atom. The van der Waals surface area contributed by atoms with E-state index in [1.165, 1.54) is 23.5 Å². The molecule has 0 fully saturated rings. The van der Waals surface area contributed by atoms with E-state index in [9.17, 15) is 14.0 Å². The number of aromatic amines is 1. The molecular weight excluding hydrogens is 435 g/mol. The van der Waals surface area contributed by atoms with Crippen molar-refractivity contribution >= 4 is 23.2 Å². The van der Waals surface area contributed by atoms with Gasteiger partial charge in [-0.1, -0.05) is 30.3 Å². The second kappa shape index (κ2) is 9.07. The standard InChI is InChI=1S/C25H19FN6O2/c26-20-9-3-1-7-18(20)22-19-8-2-4-10-21(19)32(14-17-13-28-15-29-17)25(34)23(30-22)31-24(33)16-6-5-11-27-12-16/h1-13,15,23H,14H2,(H,28,29)(H,31,33). The molecule has 1 aliphatic rings. The molecule has 4 aromatic rings. The second-order valence-corrected chi connectivity index (χ2v) is 7.59. The zero-order valence-electron chi connectivity index (χ0n) is 17.9. The summed E-state index contributed by atoms with van der Waals surface area (Å²) < 4.78 is 14.9. The normalized spacial score (nSPS) is 15.3. The molecule has 2 aromatic carbocycles. The second-order valence-electron chi connectivity index (χ2n) is 7.59. The summed E-state index contributed by atoms with van der Waals surface area (Å²) in [6.45, 7) is 0.162. The summed E-state index contributed by atoms with van der Waals surface area (Å²) >= 11 is 0.